The van der Waals surface area contributed by atoms with Gasteiger partial charge in [0.25, 0.3) is 0 Å². The minimum absolute atomic E-state index is 0.191. The van der Waals surface area contributed by atoms with E-state index in [9.17, 15) is 14.8 Å². The summed E-state index contributed by atoms with van der Waals surface area (Å²) < 4.78 is 11.3. The topological polar surface area (TPSA) is 92.0 Å². The molecule has 34 heavy (non-hydrogen) atoms. The number of carbonyl (C=O) groups excluding carboxylic acids is 1. The second kappa shape index (κ2) is 11.3. The lowest BCUT2D eigenvalue weighted by atomic mass is 9.92. The van der Waals surface area contributed by atoms with Gasteiger partial charge >= 0.3 is 5.63 Å². The zero-order valence-corrected chi connectivity index (χ0v) is 19.6. The Morgan fingerprint density at radius 3 is 2.65 bits per heavy atom. The molecule has 1 saturated heterocycles. The van der Waals surface area contributed by atoms with Crippen LogP contribution in [0.25, 0.3) is 11.0 Å². The van der Waals surface area contributed by atoms with Crippen LogP contribution in [0.3, 0.4) is 0 Å². The maximum atomic E-state index is 12.5. The fourth-order valence-electron chi connectivity index (χ4n) is 4.50. The molecule has 0 radical (unpaired) electrons. The van der Waals surface area contributed by atoms with E-state index in [4.69, 9.17) is 9.15 Å². The molecule has 180 valence electrons. The number of hydroxylamine groups is 1. The number of hydrogen-bond donors (Lipinski definition) is 2. The number of nitrogens with zero attached hydrogens (tertiary/aromatic N) is 1. The van der Waals surface area contributed by atoms with Crippen molar-refractivity contribution >= 4 is 16.9 Å². The van der Waals surface area contributed by atoms with Crippen molar-refractivity contribution in [2.24, 2.45) is 5.92 Å². The van der Waals surface area contributed by atoms with Crippen molar-refractivity contribution in [1.82, 2.24) is 10.4 Å². The zero-order chi connectivity index (χ0) is 23.9. The number of carbonyl (C=O) groups is 1. The van der Waals surface area contributed by atoms with Gasteiger partial charge in [-0.15, -0.1) is 0 Å². The molecule has 3 aromatic rings. The number of hydrogen-bond acceptors (Lipinski definition) is 6. The molecule has 1 atom stereocenters. The van der Waals surface area contributed by atoms with Crippen LogP contribution in [-0.4, -0.2) is 42.3 Å². The van der Waals surface area contributed by atoms with Crippen molar-refractivity contribution in [3.05, 3.63) is 75.6 Å². The molecule has 0 spiro atoms. The Labute approximate surface area is 199 Å². The van der Waals surface area contributed by atoms with Crippen molar-refractivity contribution in [1.29, 1.82) is 0 Å². The third kappa shape index (κ3) is 6.24. The van der Waals surface area contributed by atoms with Gasteiger partial charge in [-0.2, -0.15) is 0 Å². The molecule has 1 fully saturated rings. The van der Waals surface area contributed by atoms with E-state index in [1.807, 2.05) is 43.3 Å². The highest BCUT2D eigenvalue weighted by atomic mass is 16.5. The third-order valence-corrected chi connectivity index (χ3v) is 6.49. The Morgan fingerprint density at radius 1 is 1.15 bits per heavy atom. The summed E-state index contributed by atoms with van der Waals surface area (Å²) in [5.41, 5.74) is 4.35. The van der Waals surface area contributed by atoms with Gasteiger partial charge in [-0.05, 0) is 88.0 Å². The molecule has 1 amide bonds. The molecule has 1 aliphatic heterocycles. The second-order valence-electron chi connectivity index (χ2n) is 9.06. The average Bonchev–Trinajstić information content (AvgIpc) is 3.36. The number of rotatable bonds is 10. The third-order valence-electron chi connectivity index (χ3n) is 6.49. The largest absolute Gasteiger partial charge is 0.492 e. The monoisotopic (exact) mass is 464 g/mol. The molecular weight excluding hydrogens is 432 g/mol. The molecule has 2 heterocycles. The number of benzene rings is 2. The Balaban J connectivity index is 1.36. The van der Waals surface area contributed by atoms with Crippen LogP contribution in [0.1, 0.15) is 36.0 Å². The van der Waals surface area contributed by atoms with Crippen LogP contribution >= 0.6 is 0 Å². The molecule has 0 bridgehead atoms. The summed E-state index contributed by atoms with van der Waals surface area (Å²) in [6, 6.07) is 15.3. The molecule has 2 aromatic carbocycles. The molecule has 0 saturated carbocycles. The molecule has 2 N–H and O–H groups in total. The van der Waals surface area contributed by atoms with Gasteiger partial charge in [-0.1, -0.05) is 23.8 Å². The van der Waals surface area contributed by atoms with Crippen LogP contribution in [0.15, 0.2) is 57.7 Å². The molecule has 7 nitrogen and oxygen atoms in total. The molecular formula is C27H32N2O5. The zero-order valence-electron chi connectivity index (χ0n) is 19.6. The summed E-state index contributed by atoms with van der Waals surface area (Å²) in [6.45, 7) is 5.90. The summed E-state index contributed by atoms with van der Waals surface area (Å²) in [5, 5.41) is 10.1. The van der Waals surface area contributed by atoms with Crippen LogP contribution in [0.4, 0.5) is 0 Å². The predicted octanol–water partition coefficient (Wildman–Crippen LogP) is 3.87. The molecule has 0 aliphatic carbocycles. The minimum Gasteiger partial charge on any atom is -0.492 e. The van der Waals surface area contributed by atoms with Crippen molar-refractivity contribution in [3.63, 3.8) is 0 Å². The lowest BCUT2D eigenvalue weighted by Gasteiger charge is -2.16. The van der Waals surface area contributed by atoms with Gasteiger partial charge in [0.1, 0.15) is 17.9 Å². The first-order valence-electron chi connectivity index (χ1n) is 11.9. The highest BCUT2D eigenvalue weighted by Crippen LogP contribution is 2.21. The van der Waals surface area contributed by atoms with Crippen LogP contribution in [0.5, 0.6) is 5.75 Å². The number of nitrogens with one attached hydrogen (secondary N) is 1. The standard InChI is InChI=1S/C27H32N2O5/c1-19-4-11-25-22(16-19)18-23(27(31)34-25)17-21(26(30)28-32)8-5-20-6-9-24(10-7-20)33-15-14-29-12-2-3-13-29/h4,6-7,9-11,16,18,21,32H,2-3,5,8,12-15,17H2,1H3,(H,28,30). The van der Waals surface area contributed by atoms with Crippen LogP contribution in [0.2, 0.25) is 0 Å². The second-order valence-corrected chi connectivity index (χ2v) is 9.06. The Kier molecular flexibility index (Phi) is 7.98. The summed E-state index contributed by atoms with van der Waals surface area (Å²) in [4.78, 5) is 27.2. The lowest BCUT2D eigenvalue weighted by molar-refractivity contribution is -0.133. The maximum Gasteiger partial charge on any atom is 0.339 e. The first kappa shape index (κ1) is 24.0. The van der Waals surface area contributed by atoms with Gasteiger partial charge in [0.15, 0.2) is 0 Å². The number of amides is 1. The molecule has 1 unspecified atom stereocenters. The first-order chi connectivity index (χ1) is 16.5. The van der Waals surface area contributed by atoms with Gasteiger partial charge in [-0.25, -0.2) is 10.3 Å². The van der Waals surface area contributed by atoms with Crippen molar-refractivity contribution in [2.75, 3.05) is 26.2 Å². The highest BCUT2D eigenvalue weighted by Gasteiger charge is 2.21. The SMILES string of the molecule is Cc1ccc2oc(=O)c(CC(CCc3ccc(OCCN4CCCC4)cc3)C(=O)NO)cc2c1. The van der Waals surface area contributed by atoms with Gasteiger partial charge in [0, 0.05) is 23.4 Å². The number of fused-ring (bicyclic) bond motifs is 1. The lowest BCUT2D eigenvalue weighted by Crippen LogP contribution is -2.31. The number of aryl methyl sites for hydroxylation is 2. The predicted molar refractivity (Wildman–Crippen MR) is 130 cm³/mol. The first-order valence-corrected chi connectivity index (χ1v) is 11.9. The Morgan fingerprint density at radius 2 is 1.91 bits per heavy atom. The normalized spacial score (nSPS) is 14.9. The summed E-state index contributed by atoms with van der Waals surface area (Å²) in [6.07, 6.45) is 3.85. The van der Waals surface area contributed by atoms with E-state index in [1.54, 1.807) is 17.6 Å². The van der Waals surface area contributed by atoms with Gasteiger partial charge in [0.2, 0.25) is 5.91 Å². The van der Waals surface area contributed by atoms with E-state index in [2.05, 4.69) is 4.90 Å². The van der Waals surface area contributed by atoms with E-state index in [1.165, 1.54) is 12.8 Å². The summed E-state index contributed by atoms with van der Waals surface area (Å²) in [5.74, 6) is -0.242. The van der Waals surface area contributed by atoms with Crippen molar-refractivity contribution in [2.45, 2.75) is 39.0 Å². The van der Waals surface area contributed by atoms with Crippen molar-refractivity contribution < 1.29 is 19.2 Å². The molecule has 7 heteroatoms. The Bertz CT molecular complexity index is 1170. The van der Waals surface area contributed by atoms with Crippen LogP contribution < -0.4 is 15.8 Å². The van der Waals surface area contributed by atoms with E-state index in [-0.39, 0.29) is 6.42 Å². The smallest absolute Gasteiger partial charge is 0.339 e. The van der Waals surface area contributed by atoms with Gasteiger partial charge in [0.05, 0.1) is 0 Å². The number of likely N-dealkylation sites (tertiary alicyclic amines) is 1. The fraction of sp³-hybridized carbons (Fsp3) is 0.407. The minimum atomic E-state index is -0.563. The van der Waals surface area contributed by atoms with Crippen molar-refractivity contribution in [3.8, 4) is 5.75 Å². The van der Waals surface area contributed by atoms with E-state index in [0.29, 0.717) is 30.6 Å². The summed E-state index contributed by atoms with van der Waals surface area (Å²) in [7, 11) is 0. The van der Waals surface area contributed by atoms with Gasteiger partial charge < -0.3 is 9.15 Å². The van der Waals surface area contributed by atoms with Crippen LogP contribution in [-0.2, 0) is 17.6 Å². The quantitative estimate of drug-likeness (QED) is 0.269. The summed E-state index contributed by atoms with van der Waals surface area (Å²) >= 11 is 0. The van der Waals surface area contributed by atoms with E-state index >= 15 is 0 Å². The van der Waals surface area contributed by atoms with E-state index < -0.39 is 17.5 Å². The fourth-order valence-corrected chi connectivity index (χ4v) is 4.50. The average molecular weight is 465 g/mol. The Hall–Kier alpha value is -3.16. The molecule has 1 aromatic heterocycles. The van der Waals surface area contributed by atoms with Gasteiger partial charge in [-0.3, -0.25) is 14.9 Å². The van der Waals surface area contributed by atoms with Crippen LogP contribution in [0, 0.1) is 12.8 Å². The van der Waals surface area contributed by atoms with E-state index in [0.717, 1.165) is 41.9 Å². The maximum absolute atomic E-state index is 12.5. The number of ether oxygens (including phenoxy) is 1. The molecule has 1 aliphatic rings. The highest BCUT2D eigenvalue weighted by molar-refractivity contribution is 5.79. The molecule has 4 rings (SSSR count).